The van der Waals surface area contributed by atoms with Crippen LogP contribution in [0.15, 0.2) is 29.1 Å². The minimum Gasteiger partial charge on any atom is -0.328 e. The second-order valence-corrected chi connectivity index (χ2v) is 6.40. The van der Waals surface area contributed by atoms with E-state index in [4.69, 9.17) is 4.84 Å². The molecule has 0 radical (unpaired) electrons. The fourth-order valence-electron chi connectivity index (χ4n) is 2.03. The number of rotatable bonds is 3. The topological polar surface area (TPSA) is 73.2 Å². The summed E-state index contributed by atoms with van der Waals surface area (Å²) in [6.45, 7) is 9.45. The maximum atomic E-state index is 12.7. The highest BCUT2D eigenvalue weighted by atomic mass is 16.7. The molecule has 0 bridgehead atoms. The Balaban J connectivity index is 2.68. The van der Waals surface area contributed by atoms with Crippen LogP contribution in [0.1, 0.15) is 46.4 Å². The molecule has 1 aromatic heterocycles. The van der Waals surface area contributed by atoms with Crippen LogP contribution in [0.3, 0.4) is 0 Å². The van der Waals surface area contributed by atoms with E-state index in [0.717, 1.165) is 0 Å². The Morgan fingerprint density at radius 2 is 1.95 bits per heavy atom. The van der Waals surface area contributed by atoms with Crippen LogP contribution in [0.4, 0.5) is 0 Å². The van der Waals surface area contributed by atoms with Crippen LogP contribution in [-0.4, -0.2) is 15.6 Å². The Hall–Kier alpha value is -2.37. The van der Waals surface area contributed by atoms with Crippen LogP contribution >= 0.6 is 0 Å². The summed E-state index contributed by atoms with van der Waals surface area (Å²) in [7, 11) is 0. The monoisotopic (exact) mass is 303 g/mol. The first-order valence-electron chi connectivity index (χ1n) is 7.17. The number of para-hydroxylation sites is 1. The molecule has 1 N–H and O–H groups in total. The van der Waals surface area contributed by atoms with Crippen molar-refractivity contribution in [3.63, 3.8) is 0 Å². The molecular weight excluding hydrogens is 282 g/mol. The number of hydrogen-bond donors (Lipinski definition) is 1. The molecule has 1 atom stereocenters. The predicted octanol–water partition coefficient (Wildman–Crippen LogP) is 2.57. The first kappa shape index (κ1) is 16.0. The van der Waals surface area contributed by atoms with E-state index in [-0.39, 0.29) is 16.9 Å². The Labute approximate surface area is 129 Å². The van der Waals surface area contributed by atoms with Gasteiger partial charge in [-0.3, -0.25) is 4.79 Å². The van der Waals surface area contributed by atoms with Gasteiger partial charge in [0.2, 0.25) is 0 Å². The lowest BCUT2D eigenvalue weighted by Gasteiger charge is -2.28. The van der Waals surface area contributed by atoms with E-state index in [9.17, 15) is 9.59 Å². The van der Waals surface area contributed by atoms with Gasteiger partial charge in [0, 0.05) is 12.8 Å². The van der Waals surface area contributed by atoms with Crippen LogP contribution in [-0.2, 0) is 9.63 Å². The van der Waals surface area contributed by atoms with Gasteiger partial charge >= 0.3 is 5.97 Å². The van der Waals surface area contributed by atoms with E-state index < -0.39 is 5.97 Å². The van der Waals surface area contributed by atoms with Gasteiger partial charge in [0.1, 0.15) is 5.82 Å². The second-order valence-electron chi connectivity index (χ2n) is 6.40. The minimum absolute atomic E-state index is 0.0344. The van der Waals surface area contributed by atoms with Crippen LogP contribution in [0.5, 0.6) is 0 Å². The number of aromatic nitrogens is 2. The maximum absolute atomic E-state index is 12.7. The van der Waals surface area contributed by atoms with Crippen LogP contribution in [0.25, 0.3) is 10.9 Å². The molecule has 6 nitrogen and oxygen atoms in total. The molecule has 1 heterocycles. The number of nitrogens with one attached hydrogen (secondary N) is 1. The first-order valence-corrected chi connectivity index (χ1v) is 7.17. The molecule has 1 aromatic carbocycles. The highest BCUT2D eigenvalue weighted by Gasteiger charge is 2.27. The molecule has 0 spiro atoms. The van der Waals surface area contributed by atoms with Crippen LogP contribution < -0.4 is 11.1 Å². The number of benzene rings is 1. The third-order valence-corrected chi connectivity index (χ3v) is 3.77. The van der Waals surface area contributed by atoms with Crippen molar-refractivity contribution in [2.45, 2.75) is 40.5 Å². The average molecular weight is 303 g/mol. The van der Waals surface area contributed by atoms with E-state index in [2.05, 4.69) is 31.3 Å². The molecule has 0 fully saturated rings. The van der Waals surface area contributed by atoms with Crippen molar-refractivity contribution in [3.05, 3.63) is 40.4 Å². The van der Waals surface area contributed by atoms with Crippen molar-refractivity contribution < 1.29 is 9.63 Å². The molecule has 2 aromatic rings. The SMILES string of the molecule is CC(=O)ONn1c(C(C)C(C)(C)C)nc2ccccc2c1=O. The molecule has 1 unspecified atom stereocenters. The summed E-state index contributed by atoms with van der Waals surface area (Å²) < 4.78 is 1.21. The summed E-state index contributed by atoms with van der Waals surface area (Å²) in [5.74, 6) is -0.0419. The number of nitrogens with zero attached hydrogens (tertiary/aromatic N) is 2. The number of fused-ring (bicyclic) bond motifs is 1. The van der Waals surface area contributed by atoms with Crippen LogP contribution in [0, 0.1) is 5.41 Å². The van der Waals surface area contributed by atoms with Crippen molar-refractivity contribution in [2.75, 3.05) is 5.59 Å². The van der Waals surface area contributed by atoms with Gasteiger partial charge < -0.3 is 4.84 Å². The van der Waals surface area contributed by atoms with Gasteiger partial charge in [0.25, 0.3) is 5.56 Å². The highest BCUT2D eigenvalue weighted by Crippen LogP contribution is 2.33. The second kappa shape index (κ2) is 5.79. The van der Waals surface area contributed by atoms with E-state index >= 15 is 0 Å². The fraction of sp³-hybridized carbons (Fsp3) is 0.438. The molecule has 0 saturated heterocycles. The molecule has 22 heavy (non-hydrogen) atoms. The highest BCUT2D eigenvalue weighted by molar-refractivity contribution is 5.77. The van der Waals surface area contributed by atoms with Crippen molar-refractivity contribution >= 4 is 16.9 Å². The van der Waals surface area contributed by atoms with Gasteiger partial charge in [-0.15, -0.1) is 5.59 Å². The molecule has 118 valence electrons. The number of carbonyl (C=O) groups excluding carboxylic acids is 1. The van der Waals surface area contributed by atoms with Crippen molar-refractivity contribution in [1.82, 2.24) is 9.66 Å². The van der Waals surface area contributed by atoms with Gasteiger partial charge in [0.15, 0.2) is 0 Å². The van der Waals surface area contributed by atoms with Gasteiger partial charge in [-0.05, 0) is 17.5 Å². The average Bonchev–Trinajstić information content (AvgIpc) is 2.44. The Morgan fingerprint density at radius 1 is 1.32 bits per heavy atom. The summed E-state index contributed by atoms with van der Waals surface area (Å²) >= 11 is 0. The van der Waals surface area contributed by atoms with Crippen molar-refractivity contribution in [2.24, 2.45) is 5.41 Å². The summed E-state index contributed by atoms with van der Waals surface area (Å²) in [4.78, 5) is 33.1. The third kappa shape index (κ3) is 3.10. The zero-order chi connectivity index (χ0) is 16.5. The zero-order valence-electron chi connectivity index (χ0n) is 13.5. The Kier molecular flexibility index (Phi) is 4.21. The predicted molar refractivity (Wildman–Crippen MR) is 85.0 cm³/mol. The quantitative estimate of drug-likeness (QED) is 0.882. The molecule has 0 amide bonds. The summed E-state index contributed by atoms with van der Waals surface area (Å²) in [6, 6.07) is 7.10. The Bertz CT molecular complexity index is 759. The van der Waals surface area contributed by atoms with Gasteiger partial charge in [-0.1, -0.05) is 39.8 Å². The molecule has 0 aliphatic carbocycles. The lowest BCUT2D eigenvalue weighted by atomic mass is 9.81. The van der Waals surface area contributed by atoms with Gasteiger partial charge in [-0.2, -0.15) is 4.68 Å². The van der Waals surface area contributed by atoms with Gasteiger partial charge in [-0.25, -0.2) is 9.78 Å². The lowest BCUT2D eigenvalue weighted by molar-refractivity contribution is -0.139. The maximum Gasteiger partial charge on any atom is 0.331 e. The molecule has 0 aliphatic heterocycles. The molecular formula is C16H21N3O3. The molecule has 0 aliphatic rings. The summed E-state index contributed by atoms with van der Waals surface area (Å²) in [5.41, 5.74) is 2.64. The number of hydrogen-bond acceptors (Lipinski definition) is 5. The lowest BCUT2D eigenvalue weighted by Crippen LogP contribution is -2.36. The third-order valence-electron chi connectivity index (χ3n) is 3.77. The van der Waals surface area contributed by atoms with E-state index in [1.807, 2.05) is 13.0 Å². The summed E-state index contributed by atoms with van der Waals surface area (Å²) in [6.07, 6.45) is 0. The van der Waals surface area contributed by atoms with Crippen molar-refractivity contribution in [1.29, 1.82) is 0 Å². The standard InChI is InChI=1S/C16H21N3O3/c1-10(16(3,4)5)14-17-13-9-7-6-8-12(13)15(21)19(14)18-22-11(2)20/h6-10,18H,1-5H3. The molecule has 6 heteroatoms. The fourth-order valence-corrected chi connectivity index (χ4v) is 2.03. The first-order chi connectivity index (χ1) is 10.2. The summed E-state index contributed by atoms with van der Waals surface area (Å²) in [5, 5.41) is 0.465. The normalized spacial score (nSPS) is 13.0. The van der Waals surface area contributed by atoms with Crippen LogP contribution in [0.2, 0.25) is 0 Å². The van der Waals surface area contributed by atoms with Crippen molar-refractivity contribution in [3.8, 4) is 0 Å². The largest absolute Gasteiger partial charge is 0.331 e. The zero-order valence-corrected chi connectivity index (χ0v) is 13.5. The molecule has 0 saturated carbocycles. The smallest absolute Gasteiger partial charge is 0.328 e. The van der Waals surface area contributed by atoms with E-state index in [1.165, 1.54) is 11.6 Å². The van der Waals surface area contributed by atoms with Gasteiger partial charge in [0.05, 0.1) is 10.9 Å². The Morgan fingerprint density at radius 3 is 2.55 bits per heavy atom. The minimum atomic E-state index is -0.533. The van der Waals surface area contributed by atoms with E-state index in [1.54, 1.807) is 18.2 Å². The molecule has 2 rings (SSSR count). The van der Waals surface area contributed by atoms with E-state index in [0.29, 0.717) is 16.7 Å². The number of carbonyl (C=O) groups is 1.